The number of thioether (sulfide) groups is 1. The molecule has 0 bridgehead atoms. The number of aromatic amines is 1. The van der Waals surface area contributed by atoms with E-state index in [1.165, 1.54) is 12.1 Å². The number of nitrogens with zero attached hydrogens (tertiary/aromatic N) is 5. The third kappa shape index (κ3) is 10.1. The van der Waals surface area contributed by atoms with Gasteiger partial charge in [0.15, 0.2) is 0 Å². The molecule has 2 aromatic carbocycles. The van der Waals surface area contributed by atoms with Gasteiger partial charge in [0.1, 0.15) is 34.6 Å². The number of carbonyl (C=O) groups excluding carboxylic acids is 4. The molecule has 1 unspecified atom stereocenters. The first-order chi connectivity index (χ1) is 29.6. The second-order valence-electron chi connectivity index (χ2n) is 16.7. The second-order valence-corrected chi connectivity index (χ2v) is 18.0. The van der Waals surface area contributed by atoms with Crippen molar-refractivity contribution in [2.45, 2.75) is 87.3 Å². The Balaban J connectivity index is 0.751. The van der Waals surface area contributed by atoms with Crippen LogP contribution in [0.15, 0.2) is 35.1 Å². The molecule has 5 saturated heterocycles. The summed E-state index contributed by atoms with van der Waals surface area (Å²) >= 11 is 1.74. The molecular weight excluding hydrogens is 813 g/mol. The number of piperidine rings is 4. The Kier molecular flexibility index (Phi) is 13.7. The number of hydroxylamine groups is 2. The lowest BCUT2D eigenvalue weighted by molar-refractivity contribution is -0.197. The molecule has 15 nitrogen and oxygen atoms in total. The van der Waals surface area contributed by atoms with Crippen LogP contribution in [0.1, 0.15) is 70.0 Å². The van der Waals surface area contributed by atoms with Crippen LogP contribution in [0, 0.1) is 23.5 Å². The van der Waals surface area contributed by atoms with Crippen molar-refractivity contribution in [3.05, 3.63) is 58.1 Å². The summed E-state index contributed by atoms with van der Waals surface area (Å²) in [6.45, 7) is 6.34. The molecule has 0 radical (unpaired) electrons. The van der Waals surface area contributed by atoms with Gasteiger partial charge in [-0.15, -0.1) is 5.06 Å². The van der Waals surface area contributed by atoms with Crippen molar-refractivity contribution in [1.29, 1.82) is 0 Å². The number of halogens is 2. The average molecular weight is 866 g/mol. The summed E-state index contributed by atoms with van der Waals surface area (Å²) in [5.74, 6) is -0.590. The Hall–Kier alpha value is -4.81. The summed E-state index contributed by atoms with van der Waals surface area (Å²) in [6, 6.07) is 7.14. The number of nitrogens with one attached hydrogen (secondary N) is 2. The molecule has 2 N–H and O–H groups in total. The first kappa shape index (κ1) is 42.9. The highest BCUT2D eigenvalue weighted by atomic mass is 32.2. The lowest BCUT2D eigenvalue weighted by Crippen LogP contribution is -2.51. The summed E-state index contributed by atoms with van der Waals surface area (Å²) in [5.41, 5.74) is 0.613. The summed E-state index contributed by atoms with van der Waals surface area (Å²) in [4.78, 5) is 79.9. The number of fused-ring (bicyclic) bond motifs is 1. The number of carbonyl (C=O) groups is 4. The molecule has 5 aliphatic rings. The summed E-state index contributed by atoms with van der Waals surface area (Å²) in [5, 5.41) is 3.77. The Morgan fingerprint density at radius 1 is 0.918 bits per heavy atom. The molecule has 18 heteroatoms. The minimum atomic E-state index is -0.843. The third-order valence-electron chi connectivity index (χ3n) is 12.8. The Morgan fingerprint density at radius 3 is 2.39 bits per heavy atom. The normalized spacial score (nSPS) is 21.9. The number of anilines is 2. The van der Waals surface area contributed by atoms with Gasteiger partial charge in [0.25, 0.3) is 17.4 Å². The summed E-state index contributed by atoms with van der Waals surface area (Å²) in [7, 11) is 0. The van der Waals surface area contributed by atoms with Crippen LogP contribution >= 0.6 is 11.8 Å². The Morgan fingerprint density at radius 2 is 1.67 bits per heavy atom. The molecular formula is C43H53F2N7O8S. The van der Waals surface area contributed by atoms with Crippen LogP contribution < -0.4 is 20.5 Å². The second kappa shape index (κ2) is 19.5. The van der Waals surface area contributed by atoms with E-state index in [9.17, 15) is 24.0 Å². The van der Waals surface area contributed by atoms with Crippen LogP contribution in [0.2, 0.25) is 0 Å². The highest BCUT2D eigenvalue weighted by molar-refractivity contribution is 7.99. The zero-order valence-corrected chi connectivity index (χ0v) is 35.0. The number of likely N-dealkylation sites (tertiary alicyclic amines) is 2. The van der Waals surface area contributed by atoms with Crippen molar-refractivity contribution in [3.8, 4) is 5.75 Å². The molecule has 3 aromatic rings. The monoisotopic (exact) mass is 865 g/mol. The van der Waals surface area contributed by atoms with Crippen LogP contribution in [0.5, 0.6) is 5.75 Å². The Bertz CT molecular complexity index is 2130. The van der Waals surface area contributed by atoms with E-state index >= 15 is 8.78 Å². The Labute approximate surface area is 356 Å². The highest BCUT2D eigenvalue weighted by Crippen LogP contribution is 2.32. The van der Waals surface area contributed by atoms with E-state index in [2.05, 4.69) is 25.0 Å². The van der Waals surface area contributed by atoms with Crippen LogP contribution in [0.3, 0.4) is 0 Å². The van der Waals surface area contributed by atoms with E-state index in [1.54, 1.807) is 30.0 Å². The average Bonchev–Trinajstić information content (AvgIpc) is 3.27. The van der Waals surface area contributed by atoms with E-state index in [-0.39, 0.29) is 36.5 Å². The number of rotatable bonds is 13. The maximum Gasteiger partial charge on any atom is 0.321 e. The molecule has 8 rings (SSSR count). The van der Waals surface area contributed by atoms with Gasteiger partial charge < -0.3 is 39.3 Å². The van der Waals surface area contributed by atoms with Gasteiger partial charge >= 0.3 is 6.47 Å². The lowest BCUT2D eigenvalue weighted by atomic mass is 9.92. The standard InChI is InChI=1S/C43H53F2N7O8S/c44-33-21-29(46-35-2-4-39(54)52(43(35)57)60-26-53)1-3-37(33)50-15-7-28(8-16-50)42(56)51-17-9-30(10-18-51)49-13-5-27(6-14-49)24-59-31-22-34(45)40-36(23-31)47-38(48-41(40)55)25-61-32-11-19-58-20-12-32/h1,3,21-23,26-28,30,32,35,46H,2,4-20,24-25H2,(H,47,48,55). The molecule has 5 fully saturated rings. The number of ether oxygens (including phenoxy) is 2. The van der Waals surface area contributed by atoms with Gasteiger partial charge in [-0.05, 0) is 95.0 Å². The van der Waals surface area contributed by atoms with Crippen molar-refractivity contribution < 1.29 is 42.3 Å². The largest absolute Gasteiger partial charge is 0.493 e. The summed E-state index contributed by atoms with van der Waals surface area (Å²) in [6.07, 6.45) is 7.12. The van der Waals surface area contributed by atoms with Gasteiger partial charge in [0, 0.05) is 80.8 Å². The molecule has 1 aromatic heterocycles. The first-order valence-corrected chi connectivity index (χ1v) is 22.5. The molecule has 6 heterocycles. The fraction of sp³-hybridized carbons (Fsp3) is 0.581. The topological polar surface area (TPSA) is 167 Å². The van der Waals surface area contributed by atoms with E-state index in [0.29, 0.717) is 102 Å². The van der Waals surface area contributed by atoms with Gasteiger partial charge in [-0.25, -0.2) is 13.8 Å². The van der Waals surface area contributed by atoms with Gasteiger partial charge in [0.2, 0.25) is 5.91 Å². The minimum absolute atomic E-state index is 0.00262. The van der Waals surface area contributed by atoms with Crippen LogP contribution in [-0.2, 0) is 34.5 Å². The van der Waals surface area contributed by atoms with Gasteiger partial charge in [-0.3, -0.25) is 24.0 Å². The van der Waals surface area contributed by atoms with Crippen molar-refractivity contribution in [1.82, 2.24) is 24.8 Å². The molecule has 0 spiro atoms. The number of imide groups is 1. The van der Waals surface area contributed by atoms with Crippen molar-refractivity contribution >= 4 is 58.2 Å². The molecule has 5 aliphatic heterocycles. The maximum absolute atomic E-state index is 15.3. The number of amides is 3. The molecule has 0 saturated carbocycles. The van der Waals surface area contributed by atoms with Crippen LogP contribution in [0.25, 0.3) is 10.9 Å². The smallest absolute Gasteiger partial charge is 0.321 e. The molecule has 61 heavy (non-hydrogen) atoms. The third-order valence-corrected chi connectivity index (χ3v) is 14.2. The van der Waals surface area contributed by atoms with Gasteiger partial charge in [0.05, 0.1) is 23.6 Å². The number of benzene rings is 2. The van der Waals surface area contributed by atoms with Gasteiger partial charge in [-0.1, -0.05) is 0 Å². The molecule has 328 valence electrons. The highest BCUT2D eigenvalue weighted by Gasteiger charge is 2.37. The zero-order chi connectivity index (χ0) is 42.5. The lowest BCUT2D eigenvalue weighted by Gasteiger charge is -2.43. The van der Waals surface area contributed by atoms with Crippen LogP contribution in [-0.4, -0.2) is 125 Å². The molecule has 1 atom stereocenters. The number of aromatic nitrogens is 2. The zero-order valence-electron chi connectivity index (χ0n) is 34.2. The maximum atomic E-state index is 15.3. The molecule has 3 amide bonds. The van der Waals surface area contributed by atoms with Crippen molar-refractivity contribution in [2.75, 3.05) is 69.3 Å². The fourth-order valence-corrected chi connectivity index (χ4v) is 10.4. The van der Waals surface area contributed by atoms with E-state index in [4.69, 9.17) is 9.47 Å². The van der Waals surface area contributed by atoms with Crippen LogP contribution in [0.4, 0.5) is 20.2 Å². The molecule has 0 aliphatic carbocycles. The number of hydrogen-bond donors (Lipinski definition) is 2. The summed E-state index contributed by atoms with van der Waals surface area (Å²) < 4.78 is 42.0. The fourth-order valence-electron chi connectivity index (χ4n) is 9.31. The van der Waals surface area contributed by atoms with E-state index in [0.717, 1.165) is 64.8 Å². The number of hydrogen-bond acceptors (Lipinski definition) is 13. The van der Waals surface area contributed by atoms with Crippen molar-refractivity contribution in [2.24, 2.45) is 11.8 Å². The first-order valence-electron chi connectivity index (χ1n) is 21.5. The van der Waals surface area contributed by atoms with Crippen molar-refractivity contribution in [3.63, 3.8) is 0 Å². The quantitative estimate of drug-likeness (QED) is 0.181. The van der Waals surface area contributed by atoms with Gasteiger partial charge in [-0.2, -0.15) is 11.8 Å². The SMILES string of the molecule is O=CON1C(=O)CCC(Nc2ccc(N3CCC(C(=O)N4CCC(N5CCC(COc6cc(F)c7c(=O)[nH]c(CSC8CCOCC8)nc7c6)CC5)CC4)CC3)c(F)c2)C1=O. The predicted molar refractivity (Wildman–Crippen MR) is 224 cm³/mol. The van der Waals surface area contributed by atoms with E-state index < -0.39 is 35.0 Å². The number of H-pyrrole nitrogens is 1. The predicted octanol–water partition coefficient (Wildman–Crippen LogP) is 4.63. The van der Waals surface area contributed by atoms with E-state index in [1.807, 2.05) is 9.80 Å². The minimum Gasteiger partial charge on any atom is -0.493 e.